The number of aromatic nitrogens is 2. The van der Waals surface area contributed by atoms with E-state index in [0.717, 1.165) is 6.92 Å². The molecule has 102 valence electrons. The number of aryl methyl sites for hydroxylation is 1. The Kier molecular flexibility index (Phi) is 3.26. The molecule has 0 saturated heterocycles. The summed E-state index contributed by atoms with van der Waals surface area (Å²) in [5.41, 5.74) is 1.63. The predicted molar refractivity (Wildman–Crippen MR) is 69.3 cm³/mol. The number of anilines is 1. The van der Waals surface area contributed by atoms with Crippen molar-refractivity contribution in [2.24, 2.45) is 0 Å². The highest BCUT2D eigenvalue weighted by Gasteiger charge is 2.31. The molecule has 6 heteroatoms. The lowest BCUT2D eigenvalue weighted by Gasteiger charge is -2.11. The van der Waals surface area contributed by atoms with Crippen LogP contribution < -0.4 is 5.32 Å². The van der Waals surface area contributed by atoms with Gasteiger partial charge in [-0.2, -0.15) is 8.78 Å². The molecule has 0 aliphatic heterocycles. The van der Waals surface area contributed by atoms with E-state index in [0.29, 0.717) is 23.3 Å². The number of rotatable bonds is 3. The van der Waals surface area contributed by atoms with Crippen LogP contribution in [-0.4, -0.2) is 15.5 Å². The molecule has 1 aromatic carbocycles. The quantitative estimate of drug-likeness (QED) is 0.928. The van der Waals surface area contributed by atoms with Crippen molar-refractivity contribution in [3.05, 3.63) is 24.0 Å². The van der Waals surface area contributed by atoms with Gasteiger partial charge in [0.2, 0.25) is 5.91 Å². The smallest absolute Gasteiger partial charge is 0.302 e. The van der Waals surface area contributed by atoms with Gasteiger partial charge in [0.15, 0.2) is 5.82 Å². The van der Waals surface area contributed by atoms with Gasteiger partial charge < -0.3 is 9.88 Å². The third-order valence-electron chi connectivity index (χ3n) is 2.78. The second kappa shape index (κ2) is 4.60. The van der Waals surface area contributed by atoms with Crippen LogP contribution in [0.2, 0.25) is 0 Å². The zero-order chi connectivity index (χ0) is 14.2. The SMILES string of the molecule is CCn1c(C(C)(F)F)nc2cc(NC(C)=O)ccc21. The Morgan fingerprint density at radius 1 is 1.47 bits per heavy atom. The maximum absolute atomic E-state index is 13.5. The van der Waals surface area contributed by atoms with Crippen molar-refractivity contribution in [3.8, 4) is 0 Å². The van der Waals surface area contributed by atoms with Crippen LogP contribution in [-0.2, 0) is 17.3 Å². The molecule has 0 unspecified atom stereocenters. The van der Waals surface area contributed by atoms with E-state index in [9.17, 15) is 13.6 Å². The lowest BCUT2D eigenvalue weighted by molar-refractivity contribution is -0.114. The largest absolute Gasteiger partial charge is 0.326 e. The molecule has 0 fully saturated rings. The summed E-state index contributed by atoms with van der Waals surface area (Å²) in [4.78, 5) is 15.0. The number of alkyl halides is 2. The second-order valence-corrected chi connectivity index (χ2v) is 4.45. The molecule has 1 aromatic heterocycles. The van der Waals surface area contributed by atoms with Gasteiger partial charge in [-0.1, -0.05) is 0 Å². The third-order valence-corrected chi connectivity index (χ3v) is 2.78. The van der Waals surface area contributed by atoms with Crippen molar-refractivity contribution >= 4 is 22.6 Å². The maximum Gasteiger partial charge on any atom is 0.302 e. The summed E-state index contributed by atoms with van der Waals surface area (Å²) in [5, 5.41) is 2.61. The number of nitrogens with zero attached hydrogens (tertiary/aromatic N) is 2. The first kappa shape index (κ1) is 13.5. The van der Waals surface area contributed by atoms with E-state index in [2.05, 4.69) is 10.3 Å². The molecule has 2 rings (SSSR count). The molecule has 2 aromatic rings. The average molecular weight is 267 g/mol. The third kappa shape index (κ3) is 2.57. The summed E-state index contributed by atoms with van der Waals surface area (Å²) in [6.45, 7) is 4.42. The Labute approximate surface area is 109 Å². The highest BCUT2D eigenvalue weighted by atomic mass is 19.3. The Morgan fingerprint density at radius 3 is 2.68 bits per heavy atom. The highest BCUT2D eigenvalue weighted by Crippen LogP contribution is 2.30. The van der Waals surface area contributed by atoms with Gasteiger partial charge in [0.1, 0.15) is 0 Å². The van der Waals surface area contributed by atoms with Gasteiger partial charge >= 0.3 is 5.92 Å². The van der Waals surface area contributed by atoms with Crippen molar-refractivity contribution in [2.45, 2.75) is 33.2 Å². The van der Waals surface area contributed by atoms with Gasteiger partial charge in [0.25, 0.3) is 0 Å². The van der Waals surface area contributed by atoms with E-state index >= 15 is 0 Å². The normalized spacial score (nSPS) is 11.8. The first-order valence-electron chi connectivity index (χ1n) is 5.99. The van der Waals surface area contributed by atoms with Gasteiger partial charge in [-0.15, -0.1) is 0 Å². The minimum Gasteiger partial charge on any atom is -0.326 e. The number of carbonyl (C=O) groups is 1. The molecule has 0 radical (unpaired) electrons. The van der Waals surface area contributed by atoms with Crippen LogP contribution in [0, 0.1) is 0 Å². The zero-order valence-electron chi connectivity index (χ0n) is 11.0. The second-order valence-electron chi connectivity index (χ2n) is 4.45. The van der Waals surface area contributed by atoms with Gasteiger partial charge in [0, 0.05) is 26.1 Å². The summed E-state index contributed by atoms with van der Waals surface area (Å²) in [6.07, 6.45) is 0. The summed E-state index contributed by atoms with van der Waals surface area (Å²) in [6, 6.07) is 4.96. The van der Waals surface area contributed by atoms with Crippen molar-refractivity contribution in [3.63, 3.8) is 0 Å². The Balaban J connectivity index is 2.59. The number of hydrogen-bond donors (Lipinski definition) is 1. The van der Waals surface area contributed by atoms with Crippen molar-refractivity contribution in [2.75, 3.05) is 5.32 Å². The highest BCUT2D eigenvalue weighted by molar-refractivity contribution is 5.91. The number of carbonyl (C=O) groups excluding carboxylic acids is 1. The number of fused-ring (bicyclic) bond motifs is 1. The average Bonchev–Trinajstić information content (AvgIpc) is 2.65. The van der Waals surface area contributed by atoms with Crippen LogP contribution in [0.3, 0.4) is 0 Å². The fraction of sp³-hybridized carbons (Fsp3) is 0.385. The van der Waals surface area contributed by atoms with E-state index in [1.54, 1.807) is 25.1 Å². The number of halogens is 2. The van der Waals surface area contributed by atoms with Crippen LogP contribution in [0.1, 0.15) is 26.6 Å². The lowest BCUT2D eigenvalue weighted by atomic mass is 10.2. The molecule has 4 nitrogen and oxygen atoms in total. The molecule has 0 aliphatic rings. The molecule has 19 heavy (non-hydrogen) atoms. The first-order chi connectivity index (χ1) is 8.82. The predicted octanol–water partition coefficient (Wildman–Crippen LogP) is 3.13. The molecule has 0 atom stereocenters. The lowest BCUT2D eigenvalue weighted by Crippen LogP contribution is -2.15. The molecule has 0 saturated carbocycles. The minimum absolute atomic E-state index is 0.213. The summed E-state index contributed by atoms with van der Waals surface area (Å²) < 4.78 is 28.5. The van der Waals surface area contributed by atoms with Gasteiger partial charge in [0.05, 0.1) is 11.0 Å². The summed E-state index contributed by atoms with van der Waals surface area (Å²) >= 11 is 0. The van der Waals surface area contributed by atoms with E-state index in [-0.39, 0.29) is 11.7 Å². The molecule has 1 N–H and O–H groups in total. The van der Waals surface area contributed by atoms with E-state index in [1.807, 2.05) is 0 Å². The van der Waals surface area contributed by atoms with Gasteiger partial charge in [-0.3, -0.25) is 4.79 Å². The fourth-order valence-corrected chi connectivity index (χ4v) is 2.07. The zero-order valence-corrected chi connectivity index (χ0v) is 11.0. The van der Waals surface area contributed by atoms with E-state index in [1.165, 1.54) is 11.5 Å². The van der Waals surface area contributed by atoms with E-state index < -0.39 is 5.92 Å². The number of amides is 1. The minimum atomic E-state index is -3.00. The van der Waals surface area contributed by atoms with Gasteiger partial charge in [-0.05, 0) is 25.1 Å². The van der Waals surface area contributed by atoms with Crippen LogP contribution in [0.5, 0.6) is 0 Å². The van der Waals surface area contributed by atoms with Gasteiger partial charge in [-0.25, -0.2) is 4.98 Å². The molecular weight excluding hydrogens is 252 g/mol. The van der Waals surface area contributed by atoms with Crippen molar-refractivity contribution < 1.29 is 13.6 Å². The molecule has 0 aliphatic carbocycles. The topological polar surface area (TPSA) is 46.9 Å². The van der Waals surface area contributed by atoms with E-state index in [4.69, 9.17) is 0 Å². The van der Waals surface area contributed by atoms with Crippen molar-refractivity contribution in [1.82, 2.24) is 9.55 Å². The molecule has 0 spiro atoms. The number of nitrogens with one attached hydrogen (secondary N) is 1. The van der Waals surface area contributed by atoms with Crippen molar-refractivity contribution in [1.29, 1.82) is 0 Å². The number of hydrogen-bond acceptors (Lipinski definition) is 2. The number of benzene rings is 1. The number of imidazole rings is 1. The Morgan fingerprint density at radius 2 is 2.16 bits per heavy atom. The molecule has 0 bridgehead atoms. The molecular formula is C13H15F2N3O. The van der Waals surface area contributed by atoms with Crippen LogP contribution in [0.4, 0.5) is 14.5 Å². The summed E-state index contributed by atoms with van der Waals surface area (Å²) in [7, 11) is 0. The molecule has 1 amide bonds. The van der Waals surface area contributed by atoms with Crippen LogP contribution in [0.15, 0.2) is 18.2 Å². The molecule has 1 heterocycles. The monoisotopic (exact) mass is 267 g/mol. The standard InChI is InChI=1S/C13H15F2N3O/c1-4-18-11-6-5-9(16-8(2)19)7-10(11)17-12(18)13(3,14)15/h5-7H,4H2,1-3H3,(H,16,19). The maximum atomic E-state index is 13.5. The van der Waals surface area contributed by atoms with Crippen LogP contribution in [0.25, 0.3) is 11.0 Å². The fourth-order valence-electron chi connectivity index (χ4n) is 2.07. The van der Waals surface area contributed by atoms with Crippen LogP contribution >= 0.6 is 0 Å². The summed E-state index contributed by atoms with van der Waals surface area (Å²) in [5.74, 6) is -3.47. The Hall–Kier alpha value is -1.98. The first-order valence-corrected chi connectivity index (χ1v) is 5.99. The Bertz CT molecular complexity index is 629.